The van der Waals surface area contributed by atoms with E-state index in [4.69, 9.17) is 0 Å². The minimum atomic E-state index is -1.08. The first kappa shape index (κ1) is 21.5. The molecule has 0 aliphatic carbocycles. The Kier molecular flexibility index (Phi) is 6.12. The van der Waals surface area contributed by atoms with Gasteiger partial charge in [0, 0.05) is 37.6 Å². The Balaban J connectivity index is 2.15. The van der Waals surface area contributed by atoms with E-state index in [1.54, 1.807) is 4.90 Å². The molecule has 2 aliphatic rings. The largest absolute Gasteiger partial charge is 0.465 e. The number of carbonyl (C=O) groups excluding carboxylic acids is 2. The first-order chi connectivity index (χ1) is 12.3. The van der Waals surface area contributed by atoms with Gasteiger partial charge in [-0.2, -0.15) is 0 Å². The highest BCUT2D eigenvalue weighted by Gasteiger charge is 2.46. The average Bonchev–Trinajstić information content (AvgIpc) is 2.95. The highest BCUT2D eigenvalue weighted by Crippen LogP contribution is 2.32. The smallest absolute Gasteiger partial charge is 0.408 e. The lowest BCUT2D eigenvalue weighted by Gasteiger charge is -2.47. The number of amides is 3. The molecule has 0 aromatic carbocycles. The second-order valence-electron chi connectivity index (χ2n) is 9.84. The van der Waals surface area contributed by atoms with Crippen LogP contribution < -0.4 is 0 Å². The van der Waals surface area contributed by atoms with Crippen LogP contribution in [0.1, 0.15) is 67.2 Å². The van der Waals surface area contributed by atoms with Crippen LogP contribution in [0.25, 0.3) is 0 Å². The van der Waals surface area contributed by atoms with Gasteiger partial charge in [-0.25, -0.2) is 4.79 Å². The first-order valence-electron chi connectivity index (χ1n) is 9.94. The van der Waals surface area contributed by atoms with E-state index >= 15 is 0 Å². The summed E-state index contributed by atoms with van der Waals surface area (Å²) in [4.78, 5) is 42.4. The van der Waals surface area contributed by atoms with Crippen LogP contribution in [0.15, 0.2) is 0 Å². The molecular weight excluding hydrogens is 346 g/mol. The van der Waals surface area contributed by atoms with Crippen LogP contribution in [-0.4, -0.2) is 75.0 Å². The molecule has 0 bridgehead atoms. The summed E-state index contributed by atoms with van der Waals surface area (Å²) in [6.45, 7) is 13.1. The normalized spacial score (nSPS) is 20.7. The Morgan fingerprint density at radius 2 is 1.63 bits per heavy atom. The van der Waals surface area contributed by atoms with E-state index < -0.39 is 23.1 Å². The maximum absolute atomic E-state index is 13.4. The summed E-state index contributed by atoms with van der Waals surface area (Å²) in [7, 11) is 0. The Bertz CT molecular complexity index is 583. The molecule has 2 aliphatic heterocycles. The molecule has 2 saturated heterocycles. The Hall–Kier alpha value is -1.79. The first-order valence-corrected chi connectivity index (χ1v) is 9.94. The topological polar surface area (TPSA) is 81.2 Å². The van der Waals surface area contributed by atoms with Crippen molar-refractivity contribution < 1.29 is 19.5 Å². The van der Waals surface area contributed by atoms with Crippen LogP contribution in [-0.2, 0) is 9.59 Å². The van der Waals surface area contributed by atoms with Crippen molar-refractivity contribution in [1.82, 2.24) is 14.7 Å². The van der Waals surface area contributed by atoms with E-state index in [0.29, 0.717) is 19.5 Å². The van der Waals surface area contributed by atoms with Crippen molar-refractivity contribution in [3.8, 4) is 0 Å². The van der Waals surface area contributed by atoms with Gasteiger partial charge >= 0.3 is 6.09 Å². The number of hydrogen-bond donors (Lipinski definition) is 1. The van der Waals surface area contributed by atoms with E-state index in [-0.39, 0.29) is 17.9 Å². The standard InChI is InChI=1S/C20H35N3O4/c1-19(2,3)16(23(18(26)27)20(4,5)6)17(25)21-12-9-14(10-13-21)22-11-7-8-15(22)24/h14,16H,7-13H2,1-6H3,(H,26,27)/t16-/m0/s1. The molecular formula is C20H35N3O4. The summed E-state index contributed by atoms with van der Waals surface area (Å²) in [6.07, 6.45) is 2.00. The number of piperidine rings is 1. The third-order valence-electron chi connectivity index (χ3n) is 5.57. The molecule has 0 radical (unpaired) electrons. The molecule has 0 saturated carbocycles. The van der Waals surface area contributed by atoms with Crippen molar-refractivity contribution in [2.24, 2.45) is 5.41 Å². The third-order valence-corrected chi connectivity index (χ3v) is 5.57. The van der Waals surface area contributed by atoms with Crippen LogP contribution >= 0.6 is 0 Å². The minimum absolute atomic E-state index is 0.133. The molecule has 1 N–H and O–H groups in total. The van der Waals surface area contributed by atoms with Gasteiger partial charge in [0.25, 0.3) is 0 Å². The van der Waals surface area contributed by atoms with Gasteiger partial charge in [0.2, 0.25) is 11.8 Å². The van der Waals surface area contributed by atoms with Gasteiger partial charge in [-0.15, -0.1) is 0 Å². The quantitative estimate of drug-likeness (QED) is 0.815. The Morgan fingerprint density at radius 1 is 1.07 bits per heavy atom. The van der Waals surface area contributed by atoms with E-state index in [1.807, 2.05) is 46.4 Å². The number of nitrogens with zero attached hydrogens (tertiary/aromatic N) is 3. The zero-order valence-electron chi connectivity index (χ0n) is 17.6. The molecule has 0 spiro atoms. The zero-order valence-corrected chi connectivity index (χ0v) is 17.6. The Labute approximate surface area is 162 Å². The summed E-state index contributed by atoms with van der Waals surface area (Å²) in [5, 5.41) is 9.82. The lowest BCUT2D eigenvalue weighted by molar-refractivity contribution is -0.144. The van der Waals surface area contributed by atoms with Crippen LogP contribution in [0.3, 0.4) is 0 Å². The highest BCUT2D eigenvalue weighted by molar-refractivity contribution is 5.86. The van der Waals surface area contributed by atoms with Crippen LogP contribution in [0.2, 0.25) is 0 Å². The lowest BCUT2D eigenvalue weighted by atomic mass is 9.82. The predicted octanol–water partition coefficient (Wildman–Crippen LogP) is 2.79. The second kappa shape index (κ2) is 7.68. The maximum atomic E-state index is 13.4. The fourth-order valence-corrected chi connectivity index (χ4v) is 4.28. The van der Waals surface area contributed by atoms with Crippen LogP contribution in [0, 0.1) is 5.41 Å². The second-order valence-corrected chi connectivity index (χ2v) is 9.84. The number of rotatable bonds is 3. The fraction of sp³-hybridized carbons (Fsp3) is 0.850. The number of hydrogen-bond acceptors (Lipinski definition) is 3. The van der Waals surface area contributed by atoms with Crippen molar-refractivity contribution in [2.45, 2.75) is 84.8 Å². The van der Waals surface area contributed by atoms with Crippen molar-refractivity contribution in [3.63, 3.8) is 0 Å². The Morgan fingerprint density at radius 3 is 2.00 bits per heavy atom. The third kappa shape index (κ3) is 4.74. The summed E-state index contributed by atoms with van der Waals surface area (Å²) >= 11 is 0. The lowest BCUT2D eigenvalue weighted by Crippen LogP contribution is -2.63. The molecule has 27 heavy (non-hydrogen) atoms. The molecule has 0 aromatic heterocycles. The van der Waals surface area contributed by atoms with E-state index in [9.17, 15) is 19.5 Å². The molecule has 2 rings (SSSR count). The van der Waals surface area contributed by atoms with Crippen LogP contribution in [0.4, 0.5) is 4.79 Å². The summed E-state index contributed by atoms with van der Waals surface area (Å²) < 4.78 is 0. The molecule has 2 heterocycles. The fourth-order valence-electron chi connectivity index (χ4n) is 4.28. The van der Waals surface area contributed by atoms with Gasteiger partial charge in [0.15, 0.2) is 0 Å². The van der Waals surface area contributed by atoms with Gasteiger partial charge in [-0.05, 0) is 45.4 Å². The minimum Gasteiger partial charge on any atom is -0.465 e. The number of likely N-dealkylation sites (tertiary alicyclic amines) is 2. The van der Waals surface area contributed by atoms with Crippen LogP contribution in [0.5, 0.6) is 0 Å². The van der Waals surface area contributed by atoms with Gasteiger partial charge in [-0.3, -0.25) is 14.5 Å². The maximum Gasteiger partial charge on any atom is 0.408 e. The van der Waals surface area contributed by atoms with Crippen molar-refractivity contribution >= 4 is 17.9 Å². The zero-order chi connectivity index (χ0) is 20.6. The van der Waals surface area contributed by atoms with E-state index in [2.05, 4.69) is 0 Å². The average molecular weight is 382 g/mol. The molecule has 7 nitrogen and oxygen atoms in total. The van der Waals surface area contributed by atoms with Crippen molar-refractivity contribution in [1.29, 1.82) is 0 Å². The SMILES string of the molecule is CC(C)(C)[C@H](C(=O)N1CCC(N2CCCC2=O)CC1)N(C(=O)O)C(C)(C)C. The predicted molar refractivity (Wildman–Crippen MR) is 103 cm³/mol. The molecule has 0 unspecified atom stereocenters. The van der Waals surface area contributed by atoms with Gasteiger partial charge in [0.1, 0.15) is 6.04 Å². The van der Waals surface area contributed by atoms with E-state index in [1.165, 1.54) is 4.90 Å². The van der Waals surface area contributed by atoms with Gasteiger partial charge in [0.05, 0.1) is 0 Å². The van der Waals surface area contributed by atoms with E-state index in [0.717, 1.165) is 25.8 Å². The molecule has 0 aromatic rings. The van der Waals surface area contributed by atoms with Crippen molar-refractivity contribution in [3.05, 3.63) is 0 Å². The van der Waals surface area contributed by atoms with Crippen molar-refractivity contribution in [2.75, 3.05) is 19.6 Å². The summed E-state index contributed by atoms with van der Waals surface area (Å²) in [5.74, 6) is 0.0863. The molecule has 154 valence electrons. The number of carboxylic acid groups (broad SMARTS) is 1. The summed E-state index contributed by atoms with van der Waals surface area (Å²) in [6, 6.07) is -0.546. The van der Waals surface area contributed by atoms with Gasteiger partial charge < -0.3 is 14.9 Å². The van der Waals surface area contributed by atoms with Gasteiger partial charge in [-0.1, -0.05) is 20.8 Å². The molecule has 3 amide bonds. The molecule has 7 heteroatoms. The number of carbonyl (C=O) groups is 3. The molecule has 2 fully saturated rings. The molecule has 1 atom stereocenters. The summed E-state index contributed by atoms with van der Waals surface area (Å²) in [5.41, 5.74) is -1.20. The highest BCUT2D eigenvalue weighted by atomic mass is 16.4. The monoisotopic (exact) mass is 381 g/mol.